The van der Waals surface area contributed by atoms with Crippen molar-refractivity contribution in [2.45, 2.75) is 19.3 Å². The van der Waals surface area contributed by atoms with Gasteiger partial charge in [0.25, 0.3) is 0 Å². The summed E-state index contributed by atoms with van der Waals surface area (Å²) in [5.74, 6) is -1.49. The molecule has 3 nitrogen and oxygen atoms in total. The summed E-state index contributed by atoms with van der Waals surface area (Å²) in [5, 5.41) is 5.89. The van der Waals surface area contributed by atoms with Gasteiger partial charge in [-0.15, -0.1) is 0 Å². The van der Waals surface area contributed by atoms with E-state index < -0.39 is 11.6 Å². The summed E-state index contributed by atoms with van der Waals surface area (Å²) in [6.45, 7) is 1.89. The number of nitrogens with one attached hydrogen (secondary N) is 2. The van der Waals surface area contributed by atoms with Gasteiger partial charge in [0.1, 0.15) is 11.6 Å². The van der Waals surface area contributed by atoms with Crippen LogP contribution in [0.3, 0.4) is 0 Å². The molecule has 3 rings (SSSR count). The molecule has 1 saturated heterocycles. The minimum Gasteiger partial charge on any atom is -0.326 e. The molecule has 5 heteroatoms. The average molecular weight is 266 g/mol. The van der Waals surface area contributed by atoms with Crippen molar-refractivity contribution in [2.75, 3.05) is 18.4 Å². The van der Waals surface area contributed by atoms with Gasteiger partial charge in [0.15, 0.2) is 0 Å². The monoisotopic (exact) mass is 266 g/mol. The van der Waals surface area contributed by atoms with Crippen molar-refractivity contribution in [3.8, 4) is 0 Å². The number of piperidine rings is 1. The molecule has 0 aromatic heterocycles. The first kappa shape index (κ1) is 12.5. The third kappa shape index (κ3) is 2.47. The minimum atomic E-state index is -0.678. The van der Waals surface area contributed by atoms with Gasteiger partial charge in [0.05, 0.1) is 0 Å². The van der Waals surface area contributed by atoms with Gasteiger partial charge in [-0.05, 0) is 49.9 Å². The van der Waals surface area contributed by atoms with Crippen LogP contribution in [0.5, 0.6) is 0 Å². The Labute approximate surface area is 110 Å². The number of amides is 1. The fourth-order valence-electron chi connectivity index (χ4n) is 3.05. The SMILES string of the molecule is O=C(Nc1cc(F)cc(F)c1)C1CC12CCNCC2. The normalized spacial score (nSPS) is 24.2. The van der Waals surface area contributed by atoms with Gasteiger partial charge in [-0.2, -0.15) is 0 Å². The Morgan fingerprint density at radius 3 is 2.47 bits per heavy atom. The first-order chi connectivity index (χ1) is 9.09. The lowest BCUT2D eigenvalue weighted by Gasteiger charge is -2.23. The molecule has 19 heavy (non-hydrogen) atoms. The van der Waals surface area contributed by atoms with Crippen LogP contribution in [-0.4, -0.2) is 19.0 Å². The fraction of sp³-hybridized carbons (Fsp3) is 0.500. The van der Waals surface area contributed by atoms with Crippen molar-refractivity contribution >= 4 is 11.6 Å². The second-order valence-corrected chi connectivity index (χ2v) is 5.52. The van der Waals surface area contributed by atoms with Crippen LogP contribution >= 0.6 is 0 Å². The van der Waals surface area contributed by atoms with E-state index in [1.807, 2.05) is 0 Å². The quantitative estimate of drug-likeness (QED) is 0.862. The predicted molar refractivity (Wildman–Crippen MR) is 67.6 cm³/mol. The summed E-state index contributed by atoms with van der Waals surface area (Å²) in [5.41, 5.74) is 0.319. The first-order valence-corrected chi connectivity index (χ1v) is 6.57. The standard InChI is InChI=1S/C14H16F2N2O/c15-9-5-10(16)7-11(6-9)18-13(19)12-8-14(12)1-3-17-4-2-14/h5-7,12,17H,1-4,8H2,(H,18,19). The highest BCUT2D eigenvalue weighted by Crippen LogP contribution is 2.58. The average Bonchev–Trinajstić information content (AvgIpc) is 3.02. The highest BCUT2D eigenvalue weighted by molar-refractivity contribution is 5.95. The summed E-state index contributed by atoms with van der Waals surface area (Å²) < 4.78 is 26.1. The molecule has 1 saturated carbocycles. The summed E-state index contributed by atoms with van der Waals surface area (Å²) in [6, 6.07) is 3.07. The Hall–Kier alpha value is -1.49. The van der Waals surface area contributed by atoms with Crippen molar-refractivity contribution in [3.05, 3.63) is 29.8 Å². The van der Waals surface area contributed by atoms with Crippen molar-refractivity contribution in [3.63, 3.8) is 0 Å². The molecule has 1 amide bonds. The van der Waals surface area contributed by atoms with E-state index >= 15 is 0 Å². The van der Waals surface area contributed by atoms with E-state index in [0.717, 1.165) is 50.6 Å². The van der Waals surface area contributed by atoms with E-state index in [1.165, 1.54) is 0 Å². The van der Waals surface area contributed by atoms with Gasteiger partial charge in [-0.3, -0.25) is 4.79 Å². The van der Waals surface area contributed by atoms with E-state index in [-0.39, 0.29) is 22.9 Å². The molecule has 1 atom stereocenters. The lowest BCUT2D eigenvalue weighted by molar-refractivity contribution is -0.118. The molecule has 1 spiro atoms. The van der Waals surface area contributed by atoms with E-state index in [1.54, 1.807) is 0 Å². The Morgan fingerprint density at radius 1 is 1.21 bits per heavy atom. The lowest BCUT2D eigenvalue weighted by atomic mass is 9.92. The number of anilines is 1. The Morgan fingerprint density at radius 2 is 1.84 bits per heavy atom. The van der Waals surface area contributed by atoms with Gasteiger partial charge in [0, 0.05) is 17.7 Å². The van der Waals surface area contributed by atoms with Crippen molar-refractivity contribution < 1.29 is 13.6 Å². The zero-order chi connectivity index (χ0) is 13.5. The van der Waals surface area contributed by atoms with Gasteiger partial charge >= 0.3 is 0 Å². The summed E-state index contributed by atoms with van der Waals surface area (Å²) >= 11 is 0. The number of hydrogen-bond donors (Lipinski definition) is 2. The van der Waals surface area contributed by atoms with Crippen LogP contribution in [0.2, 0.25) is 0 Å². The molecule has 1 heterocycles. The molecule has 102 valence electrons. The predicted octanol–water partition coefficient (Wildman–Crippen LogP) is 2.29. The van der Waals surface area contributed by atoms with Gasteiger partial charge in [-0.25, -0.2) is 8.78 Å². The molecule has 1 unspecified atom stereocenters. The summed E-state index contributed by atoms with van der Waals surface area (Å²) in [4.78, 5) is 12.1. The molecular formula is C14H16F2N2O. The Bertz CT molecular complexity index is 492. The van der Waals surface area contributed by atoms with Crippen LogP contribution in [0.15, 0.2) is 18.2 Å². The second kappa shape index (κ2) is 4.56. The fourth-order valence-corrected chi connectivity index (χ4v) is 3.05. The first-order valence-electron chi connectivity index (χ1n) is 6.57. The maximum absolute atomic E-state index is 13.0. The third-order valence-electron chi connectivity index (χ3n) is 4.24. The highest BCUT2D eigenvalue weighted by atomic mass is 19.1. The number of carbonyl (C=O) groups excluding carboxylic acids is 1. The molecular weight excluding hydrogens is 250 g/mol. The van der Waals surface area contributed by atoms with E-state index in [2.05, 4.69) is 10.6 Å². The zero-order valence-electron chi connectivity index (χ0n) is 10.5. The molecule has 2 fully saturated rings. The third-order valence-corrected chi connectivity index (χ3v) is 4.24. The molecule has 0 bridgehead atoms. The molecule has 0 radical (unpaired) electrons. The lowest BCUT2D eigenvalue weighted by Crippen LogP contribution is -2.31. The van der Waals surface area contributed by atoms with Crippen LogP contribution in [0.25, 0.3) is 0 Å². The Kier molecular flexibility index (Phi) is 3.01. The molecule has 1 aromatic rings. The number of carbonyl (C=O) groups is 1. The zero-order valence-corrected chi connectivity index (χ0v) is 10.5. The number of benzene rings is 1. The molecule has 1 aromatic carbocycles. The van der Waals surface area contributed by atoms with Crippen LogP contribution in [0.4, 0.5) is 14.5 Å². The maximum Gasteiger partial charge on any atom is 0.228 e. The molecule has 2 N–H and O–H groups in total. The summed E-state index contributed by atoms with van der Waals surface area (Å²) in [7, 11) is 0. The van der Waals surface area contributed by atoms with Crippen molar-refractivity contribution in [1.29, 1.82) is 0 Å². The number of halogens is 2. The maximum atomic E-state index is 13.0. The largest absolute Gasteiger partial charge is 0.326 e. The highest BCUT2D eigenvalue weighted by Gasteiger charge is 2.57. The second-order valence-electron chi connectivity index (χ2n) is 5.52. The van der Waals surface area contributed by atoms with Gasteiger partial charge < -0.3 is 10.6 Å². The molecule has 1 aliphatic heterocycles. The van der Waals surface area contributed by atoms with Gasteiger partial charge in [0.2, 0.25) is 5.91 Å². The topological polar surface area (TPSA) is 41.1 Å². The van der Waals surface area contributed by atoms with Crippen LogP contribution in [0.1, 0.15) is 19.3 Å². The molecule has 2 aliphatic rings. The van der Waals surface area contributed by atoms with Crippen molar-refractivity contribution in [1.82, 2.24) is 5.32 Å². The smallest absolute Gasteiger partial charge is 0.228 e. The molecule has 1 aliphatic carbocycles. The minimum absolute atomic E-state index is 0.0130. The van der Waals surface area contributed by atoms with E-state index in [9.17, 15) is 13.6 Å². The van der Waals surface area contributed by atoms with E-state index in [4.69, 9.17) is 0 Å². The van der Waals surface area contributed by atoms with Crippen LogP contribution < -0.4 is 10.6 Å². The number of hydrogen-bond acceptors (Lipinski definition) is 2. The van der Waals surface area contributed by atoms with Crippen LogP contribution in [0, 0.1) is 23.0 Å². The van der Waals surface area contributed by atoms with Crippen molar-refractivity contribution in [2.24, 2.45) is 11.3 Å². The van der Waals surface area contributed by atoms with Crippen LogP contribution in [-0.2, 0) is 4.79 Å². The summed E-state index contributed by atoms with van der Waals surface area (Å²) in [6.07, 6.45) is 2.89. The van der Waals surface area contributed by atoms with Gasteiger partial charge in [-0.1, -0.05) is 0 Å². The Balaban J connectivity index is 1.66. The number of rotatable bonds is 2. The van der Waals surface area contributed by atoms with E-state index in [0.29, 0.717) is 0 Å².